The molecule has 0 fully saturated rings. The molecule has 2 amide bonds. The molecule has 25 heavy (non-hydrogen) atoms. The highest BCUT2D eigenvalue weighted by molar-refractivity contribution is 6.04. The predicted octanol–water partition coefficient (Wildman–Crippen LogP) is 2.96. The molecule has 0 spiro atoms. The van der Waals surface area contributed by atoms with Crippen LogP contribution in [0.4, 0.5) is 10.5 Å². The highest BCUT2D eigenvalue weighted by atomic mass is 16.6. The van der Waals surface area contributed by atoms with Crippen molar-refractivity contribution in [3.8, 4) is 0 Å². The minimum atomic E-state index is -0.508. The van der Waals surface area contributed by atoms with Gasteiger partial charge in [-0.15, -0.1) is 0 Å². The summed E-state index contributed by atoms with van der Waals surface area (Å²) in [4.78, 5) is 26.2. The first-order valence-electron chi connectivity index (χ1n) is 8.22. The molecule has 0 aliphatic carbocycles. The number of hydrogen-bond donors (Lipinski definition) is 2. The molecule has 1 aromatic heterocycles. The van der Waals surface area contributed by atoms with Crippen LogP contribution in [0, 0.1) is 0 Å². The normalized spacial score (nSPS) is 14.0. The number of hydrogen-bond acceptors (Lipinski definition) is 4. The maximum Gasteiger partial charge on any atom is 0.410 e. The van der Waals surface area contributed by atoms with Gasteiger partial charge in [-0.3, -0.25) is 9.89 Å². The second-order valence-corrected chi connectivity index (χ2v) is 7.08. The fourth-order valence-electron chi connectivity index (χ4n) is 2.70. The molecule has 3 rings (SSSR count). The Morgan fingerprint density at radius 2 is 2.08 bits per heavy atom. The summed E-state index contributed by atoms with van der Waals surface area (Å²) < 4.78 is 5.43. The van der Waals surface area contributed by atoms with Crippen LogP contribution < -0.4 is 5.32 Å². The fourth-order valence-corrected chi connectivity index (χ4v) is 2.70. The number of H-pyrrole nitrogens is 1. The Kier molecular flexibility index (Phi) is 4.48. The van der Waals surface area contributed by atoms with Crippen LogP contribution in [0.15, 0.2) is 30.6 Å². The van der Waals surface area contributed by atoms with Crippen molar-refractivity contribution in [2.24, 2.45) is 0 Å². The molecule has 132 valence electrons. The number of aromatic amines is 1. The van der Waals surface area contributed by atoms with Gasteiger partial charge in [0.15, 0.2) is 0 Å². The van der Waals surface area contributed by atoms with Gasteiger partial charge >= 0.3 is 6.09 Å². The zero-order valence-electron chi connectivity index (χ0n) is 14.6. The third-order valence-corrected chi connectivity index (χ3v) is 3.89. The molecule has 0 saturated heterocycles. The second-order valence-electron chi connectivity index (χ2n) is 7.08. The van der Waals surface area contributed by atoms with Crippen molar-refractivity contribution in [3.05, 3.63) is 47.3 Å². The van der Waals surface area contributed by atoms with Gasteiger partial charge in [0.05, 0.1) is 11.9 Å². The van der Waals surface area contributed by atoms with Gasteiger partial charge in [0.2, 0.25) is 0 Å². The average molecular weight is 342 g/mol. The predicted molar refractivity (Wildman–Crippen MR) is 93.3 cm³/mol. The highest BCUT2D eigenvalue weighted by Gasteiger charge is 2.26. The van der Waals surface area contributed by atoms with E-state index in [0.29, 0.717) is 30.8 Å². The molecule has 2 aromatic rings. The number of nitrogens with zero attached hydrogens (tertiary/aromatic N) is 2. The number of amides is 2. The molecule has 2 N–H and O–H groups in total. The Labute approximate surface area is 146 Å². The number of ether oxygens (including phenoxy) is 1. The summed E-state index contributed by atoms with van der Waals surface area (Å²) in [5.74, 6) is -0.182. The van der Waals surface area contributed by atoms with Crippen LogP contribution in [0.2, 0.25) is 0 Å². The number of fused-ring (bicyclic) bond motifs is 1. The Bertz CT molecular complexity index is 778. The van der Waals surface area contributed by atoms with Crippen molar-refractivity contribution in [2.45, 2.75) is 39.3 Å². The quantitative estimate of drug-likeness (QED) is 0.878. The van der Waals surface area contributed by atoms with E-state index in [1.807, 2.05) is 32.9 Å². The van der Waals surface area contributed by atoms with E-state index in [4.69, 9.17) is 4.74 Å². The van der Waals surface area contributed by atoms with E-state index >= 15 is 0 Å². The lowest BCUT2D eigenvalue weighted by Crippen LogP contribution is -2.39. The van der Waals surface area contributed by atoms with Crippen LogP contribution in [0.3, 0.4) is 0 Å². The summed E-state index contributed by atoms with van der Waals surface area (Å²) in [5.41, 5.74) is 2.83. The minimum absolute atomic E-state index is 0.182. The lowest BCUT2D eigenvalue weighted by molar-refractivity contribution is 0.0224. The van der Waals surface area contributed by atoms with Gasteiger partial charge in [0.25, 0.3) is 5.91 Å². The van der Waals surface area contributed by atoms with Crippen LogP contribution in [0.5, 0.6) is 0 Å². The Hall–Kier alpha value is -2.83. The third-order valence-electron chi connectivity index (χ3n) is 3.89. The summed E-state index contributed by atoms with van der Waals surface area (Å²) in [6.07, 6.45) is 3.56. The molecule has 1 aromatic carbocycles. The number of benzene rings is 1. The summed E-state index contributed by atoms with van der Waals surface area (Å²) in [7, 11) is 0. The molecule has 2 heterocycles. The maximum absolute atomic E-state index is 12.3. The van der Waals surface area contributed by atoms with E-state index in [2.05, 4.69) is 15.5 Å². The number of rotatable bonds is 2. The lowest BCUT2D eigenvalue weighted by Gasteiger charge is -2.31. The smallest absolute Gasteiger partial charge is 0.410 e. The largest absolute Gasteiger partial charge is 0.444 e. The van der Waals surface area contributed by atoms with Crippen molar-refractivity contribution in [1.29, 1.82) is 0 Å². The molecule has 7 nitrogen and oxygen atoms in total. The molecule has 0 radical (unpaired) electrons. The number of carbonyl (C=O) groups is 2. The van der Waals surface area contributed by atoms with Crippen molar-refractivity contribution in [2.75, 3.05) is 11.9 Å². The van der Waals surface area contributed by atoms with Crippen molar-refractivity contribution >= 4 is 17.7 Å². The standard InChI is InChI=1S/C18H22N4O3/c1-18(2,3)25-17(24)22-7-6-12-8-13(4-5-14(12)11-22)16(23)21-15-9-19-20-10-15/h4-5,8-10H,6-7,11H2,1-3H3,(H,19,20)(H,21,23). The first-order valence-corrected chi connectivity index (χ1v) is 8.22. The van der Waals surface area contributed by atoms with Crippen LogP contribution in [-0.2, 0) is 17.7 Å². The van der Waals surface area contributed by atoms with Crippen molar-refractivity contribution in [3.63, 3.8) is 0 Å². The van der Waals surface area contributed by atoms with E-state index < -0.39 is 5.60 Å². The van der Waals surface area contributed by atoms with Crippen LogP contribution >= 0.6 is 0 Å². The highest BCUT2D eigenvalue weighted by Crippen LogP contribution is 2.22. The topological polar surface area (TPSA) is 87.3 Å². The number of nitrogens with one attached hydrogen (secondary N) is 2. The monoisotopic (exact) mass is 342 g/mol. The Morgan fingerprint density at radius 1 is 1.28 bits per heavy atom. The molecule has 7 heteroatoms. The first-order chi connectivity index (χ1) is 11.8. The maximum atomic E-state index is 12.3. The van der Waals surface area contributed by atoms with Crippen LogP contribution in [-0.4, -0.2) is 39.2 Å². The van der Waals surface area contributed by atoms with Gasteiger partial charge in [0, 0.05) is 24.8 Å². The molecule has 0 saturated carbocycles. The minimum Gasteiger partial charge on any atom is -0.444 e. The van der Waals surface area contributed by atoms with Gasteiger partial charge in [-0.2, -0.15) is 5.10 Å². The molecule has 0 bridgehead atoms. The Morgan fingerprint density at radius 3 is 2.76 bits per heavy atom. The summed E-state index contributed by atoms with van der Waals surface area (Å²) in [6, 6.07) is 5.56. The molecular formula is C18H22N4O3. The van der Waals surface area contributed by atoms with E-state index in [-0.39, 0.29) is 12.0 Å². The van der Waals surface area contributed by atoms with Gasteiger partial charge in [-0.25, -0.2) is 4.79 Å². The summed E-state index contributed by atoms with van der Waals surface area (Å²) in [6.45, 7) is 6.64. The zero-order valence-corrected chi connectivity index (χ0v) is 14.6. The molecule has 1 aliphatic rings. The van der Waals surface area contributed by atoms with Gasteiger partial charge < -0.3 is 15.0 Å². The van der Waals surface area contributed by atoms with E-state index in [1.54, 1.807) is 23.4 Å². The van der Waals surface area contributed by atoms with E-state index in [0.717, 1.165) is 11.1 Å². The van der Waals surface area contributed by atoms with E-state index in [9.17, 15) is 9.59 Å². The van der Waals surface area contributed by atoms with E-state index in [1.165, 1.54) is 0 Å². The van der Waals surface area contributed by atoms with Crippen LogP contribution in [0.25, 0.3) is 0 Å². The average Bonchev–Trinajstić information content (AvgIpc) is 3.05. The number of carbonyl (C=O) groups excluding carboxylic acids is 2. The summed E-state index contributed by atoms with van der Waals surface area (Å²) in [5, 5.41) is 9.23. The molecule has 0 unspecified atom stereocenters. The van der Waals surface area contributed by atoms with Gasteiger partial charge in [0.1, 0.15) is 5.60 Å². The fraction of sp³-hybridized carbons (Fsp3) is 0.389. The first kappa shape index (κ1) is 17.0. The molecule has 0 atom stereocenters. The molecule has 1 aliphatic heterocycles. The number of aromatic nitrogens is 2. The zero-order chi connectivity index (χ0) is 18.0. The van der Waals surface area contributed by atoms with Gasteiger partial charge in [-0.1, -0.05) is 6.07 Å². The van der Waals surface area contributed by atoms with Gasteiger partial charge in [-0.05, 0) is 50.5 Å². The number of anilines is 1. The SMILES string of the molecule is CC(C)(C)OC(=O)N1CCc2cc(C(=O)Nc3cn[nH]c3)ccc2C1. The van der Waals surface area contributed by atoms with Crippen molar-refractivity contribution in [1.82, 2.24) is 15.1 Å². The van der Waals surface area contributed by atoms with Crippen LogP contribution in [0.1, 0.15) is 42.3 Å². The molecular weight excluding hydrogens is 320 g/mol. The Balaban J connectivity index is 1.69. The second kappa shape index (κ2) is 6.58. The third kappa shape index (κ3) is 4.17. The van der Waals surface area contributed by atoms with Crippen molar-refractivity contribution < 1.29 is 14.3 Å². The lowest BCUT2D eigenvalue weighted by atomic mass is 9.97. The summed E-state index contributed by atoms with van der Waals surface area (Å²) >= 11 is 0.